The molecule has 0 aliphatic carbocycles. The number of nitrogens with one attached hydrogen (secondary N) is 2. The van der Waals surface area contributed by atoms with Crippen LogP contribution >= 0.6 is 0 Å². The molecule has 1 aromatic carbocycles. The first-order chi connectivity index (χ1) is 12.2. The lowest BCUT2D eigenvalue weighted by molar-refractivity contribution is -0.117. The summed E-state index contributed by atoms with van der Waals surface area (Å²) in [5.41, 5.74) is 1.94. The quantitative estimate of drug-likeness (QED) is 0.570. The summed E-state index contributed by atoms with van der Waals surface area (Å²) in [6.07, 6.45) is 2.94. The third-order valence-electron chi connectivity index (χ3n) is 3.75. The molecule has 0 bridgehead atoms. The van der Waals surface area contributed by atoms with Crippen molar-refractivity contribution in [3.8, 4) is 6.07 Å². The zero-order valence-corrected chi connectivity index (χ0v) is 14.5. The normalized spacial score (nSPS) is 10.8. The zero-order valence-electron chi connectivity index (χ0n) is 14.5. The fraction of sp³-hybridized carbons (Fsp3) is 0.263. The maximum Gasteiger partial charge on any atom is 0.263 e. The summed E-state index contributed by atoms with van der Waals surface area (Å²) in [6, 6.07) is 13.2. The molecule has 0 atom stereocenters. The Morgan fingerprint density at radius 1 is 1.24 bits per heavy atom. The molecule has 0 spiro atoms. The molecule has 1 amide bonds. The van der Waals surface area contributed by atoms with Crippen LogP contribution in [0.25, 0.3) is 0 Å². The second-order valence-corrected chi connectivity index (χ2v) is 5.30. The lowest BCUT2D eigenvalue weighted by atomic mass is 10.2. The number of furan rings is 1. The van der Waals surface area contributed by atoms with Gasteiger partial charge in [-0.15, -0.1) is 0 Å². The van der Waals surface area contributed by atoms with E-state index >= 15 is 0 Å². The van der Waals surface area contributed by atoms with Crippen LogP contribution in [0.3, 0.4) is 0 Å². The summed E-state index contributed by atoms with van der Waals surface area (Å²) < 4.78 is 5.14. The van der Waals surface area contributed by atoms with Crippen molar-refractivity contribution < 1.29 is 9.21 Å². The van der Waals surface area contributed by atoms with Crippen molar-refractivity contribution >= 4 is 17.3 Å². The maximum absolute atomic E-state index is 12.0. The average molecular weight is 338 g/mol. The Bertz CT molecular complexity index is 739. The lowest BCUT2D eigenvalue weighted by Crippen LogP contribution is -2.24. The molecule has 0 aliphatic rings. The van der Waals surface area contributed by atoms with Gasteiger partial charge in [0.25, 0.3) is 5.91 Å². The van der Waals surface area contributed by atoms with Crippen LogP contribution < -0.4 is 15.5 Å². The summed E-state index contributed by atoms with van der Waals surface area (Å²) in [7, 11) is 0. The largest absolute Gasteiger partial charge is 0.467 e. The number of nitrogens with zero attached hydrogens (tertiary/aromatic N) is 2. The second-order valence-electron chi connectivity index (χ2n) is 5.30. The first-order valence-corrected chi connectivity index (χ1v) is 8.20. The average Bonchev–Trinajstić information content (AvgIpc) is 3.16. The highest BCUT2D eigenvalue weighted by molar-refractivity contribution is 5.97. The van der Waals surface area contributed by atoms with Gasteiger partial charge in [-0.3, -0.25) is 4.79 Å². The fourth-order valence-corrected chi connectivity index (χ4v) is 2.34. The Morgan fingerprint density at radius 2 is 1.96 bits per heavy atom. The molecule has 0 radical (unpaired) electrons. The van der Waals surface area contributed by atoms with Gasteiger partial charge in [0.15, 0.2) is 0 Å². The molecule has 2 rings (SSSR count). The SMILES string of the molecule is CCN(CC)c1ccc(N/C=C(/C#N)C(=O)NCc2ccco2)cc1. The van der Waals surface area contributed by atoms with Crippen molar-refractivity contribution in [1.29, 1.82) is 5.26 Å². The number of carbonyl (C=O) groups excluding carboxylic acids is 1. The van der Waals surface area contributed by atoms with Gasteiger partial charge in [-0.2, -0.15) is 5.26 Å². The Balaban J connectivity index is 1.95. The first kappa shape index (κ1) is 18.1. The van der Waals surface area contributed by atoms with Crippen molar-refractivity contribution in [3.63, 3.8) is 0 Å². The Hall–Kier alpha value is -3.20. The number of amides is 1. The summed E-state index contributed by atoms with van der Waals surface area (Å²) in [5, 5.41) is 14.8. The standard InChI is InChI=1S/C19H22N4O2/c1-3-23(4-2)17-9-7-16(8-10-17)21-13-15(12-20)19(24)22-14-18-6-5-11-25-18/h5-11,13,21H,3-4,14H2,1-2H3,(H,22,24)/b15-13-. The summed E-state index contributed by atoms with van der Waals surface area (Å²) >= 11 is 0. The van der Waals surface area contributed by atoms with E-state index in [1.165, 1.54) is 12.5 Å². The van der Waals surface area contributed by atoms with E-state index in [1.807, 2.05) is 30.3 Å². The molecular formula is C19H22N4O2. The third kappa shape index (κ3) is 5.15. The number of rotatable bonds is 8. The first-order valence-electron chi connectivity index (χ1n) is 8.20. The number of carbonyl (C=O) groups is 1. The van der Waals surface area contributed by atoms with Crippen molar-refractivity contribution in [2.24, 2.45) is 0 Å². The van der Waals surface area contributed by atoms with Crippen molar-refractivity contribution in [1.82, 2.24) is 5.32 Å². The van der Waals surface area contributed by atoms with E-state index in [2.05, 4.69) is 29.4 Å². The number of anilines is 2. The van der Waals surface area contributed by atoms with Crippen LogP contribution in [0.4, 0.5) is 11.4 Å². The van der Waals surface area contributed by atoms with E-state index in [1.54, 1.807) is 12.1 Å². The number of hydrogen-bond donors (Lipinski definition) is 2. The van der Waals surface area contributed by atoms with Gasteiger partial charge in [0.05, 0.1) is 12.8 Å². The minimum atomic E-state index is -0.453. The number of benzene rings is 1. The molecule has 0 fully saturated rings. The van der Waals surface area contributed by atoms with Gasteiger partial charge < -0.3 is 20.0 Å². The van der Waals surface area contributed by atoms with Gasteiger partial charge in [0.2, 0.25) is 0 Å². The molecule has 25 heavy (non-hydrogen) atoms. The van der Waals surface area contributed by atoms with Gasteiger partial charge in [-0.05, 0) is 50.2 Å². The summed E-state index contributed by atoms with van der Waals surface area (Å²) in [4.78, 5) is 14.3. The summed E-state index contributed by atoms with van der Waals surface area (Å²) in [6.45, 7) is 6.34. The van der Waals surface area contributed by atoms with Crippen LogP contribution in [0, 0.1) is 11.3 Å². The highest BCUT2D eigenvalue weighted by Crippen LogP contribution is 2.17. The molecule has 2 N–H and O–H groups in total. The molecule has 130 valence electrons. The van der Waals surface area contributed by atoms with Crippen LogP contribution in [-0.4, -0.2) is 19.0 Å². The van der Waals surface area contributed by atoms with E-state index in [-0.39, 0.29) is 12.1 Å². The molecule has 1 aromatic heterocycles. The van der Waals surface area contributed by atoms with Crippen LogP contribution in [-0.2, 0) is 11.3 Å². The van der Waals surface area contributed by atoms with E-state index in [0.29, 0.717) is 5.76 Å². The number of nitriles is 1. The number of hydrogen-bond acceptors (Lipinski definition) is 5. The summed E-state index contributed by atoms with van der Waals surface area (Å²) in [5.74, 6) is 0.178. The molecule has 0 unspecified atom stereocenters. The Labute approximate surface area is 147 Å². The highest BCUT2D eigenvalue weighted by atomic mass is 16.3. The predicted octanol–water partition coefficient (Wildman–Crippen LogP) is 3.26. The smallest absolute Gasteiger partial charge is 0.263 e. The van der Waals surface area contributed by atoms with Gasteiger partial charge in [-0.1, -0.05) is 0 Å². The van der Waals surface area contributed by atoms with E-state index < -0.39 is 5.91 Å². The highest BCUT2D eigenvalue weighted by Gasteiger charge is 2.09. The fourth-order valence-electron chi connectivity index (χ4n) is 2.34. The van der Waals surface area contributed by atoms with E-state index in [4.69, 9.17) is 9.68 Å². The lowest BCUT2D eigenvalue weighted by Gasteiger charge is -2.21. The van der Waals surface area contributed by atoms with Crippen LogP contribution in [0.2, 0.25) is 0 Å². The molecule has 2 aromatic rings. The van der Waals surface area contributed by atoms with E-state index in [9.17, 15) is 4.79 Å². The molecule has 6 heteroatoms. The van der Waals surface area contributed by atoms with Crippen molar-refractivity contribution in [2.75, 3.05) is 23.3 Å². The maximum atomic E-state index is 12.0. The minimum absolute atomic E-state index is 0.000578. The molecule has 1 heterocycles. The zero-order chi connectivity index (χ0) is 18.1. The predicted molar refractivity (Wildman–Crippen MR) is 97.9 cm³/mol. The minimum Gasteiger partial charge on any atom is -0.467 e. The topological polar surface area (TPSA) is 81.3 Å². The van der Waals surface area contributed by atoms with Crippen LogP contribution in [0.5, 0.6) is 0 Å². The van der Waals surface area contributed by atoms with Gasteiger partial charge in [0.1, 0.15) is 17.4 Å². The molecule has 0 aliphatic heterocycles. The van der Waals surface area contributed by atoms with Crippen LogP contribution in [0.15, 0.2) is 58.9 Å². The third-order valence-corrected chi connectivity index (χ3v) is 3.75. The molecule has 0 saturated carbocycles. The molecular weight excluding hydrogens is 316 g/mol. The van der Waals surface area contributed by atoms with Gasteiger partial charge in [0, 0.05) is 30.7 Å². The Kier molecular flexibility index (Phi) is 6.66. The van der Waals surface area contributed by atoms with Crippen LogP contribution in [0.1, 0.15) is 19.6 Å². The molecule has 0 saturated heterocycles. The van der Waals surface area contributed by atoms with Crippen molar-refractivity contribution in [3.05, 3.63) is 60.2 Å². The molecule has 6 nitrogen and oxygen atoms in total. The monoisotopic (exact) mass is 338 g/mol. The second kappa shape index (κ2) is 9.18. The van der Waals surface area contributed by atoms with Crippen molar-refractivity contribution in [2.45, 2.75) is 20.4 Å². The van der Waals surface area contributed by atoms with Gasteiger partial charge >= 0.3 is 0 Å². The van der Waals surface area contributed by atoms with Gasteiger partial charge in [-0.25, -0.2) is 0 Å². The Morgan fingerprint density at radius 3 is 2.52 bits per heavy atom. The van der Waals surface area contributed by atoms with E-state index in [0.717, 1.165) is 24.5 Å².